The number of nitrogens with one attached hydrogen (secondary N) is 2. The smallest absolute Gasteiger partial charge is 0.378 e. The Kier molecular flexibility index (Phi) is 7.57. The lowest BCUT2D eigenvalue weighted by Crippen LogP contribution is -2.37. The third kappa shape index (κ3) is 6.35. The summed E-state index contributed by atoms with van der Waals surface area (Å²) in [4.78, 5) is 21.6. The SMILES string of the molecule is Cc1ccc(NC(=O)N2CCC(CC(F)(F)F)C2)cc1-c1cc(C2CCNC2)nc(N2CCOCC2)c1. The second kappa shape index (κ2) is 10.9. The minimum atomic E-state index is -4.21. The zero-order valence-corrected chi connectivity index (χ0v) is 21.1. The molecule has 2 aromatic rings. The Hall–Kier alpha value is -2.85. The van der Waals surface area contributed by atoms with Crippen LogP contribution in [0.15, 0.2) is 30.3 Å². The van der Waals surface area contributed by atoms with Gasteiger partial charge in [-0.3, -0.25) is 0 Å². The molecule has 0 radical (unpaired) electrons. The van der Waals surface area contributed by atoms with Gasteiger partial charge in [-0.2, -0.15) is 13.2 Å². The highest BCUT2D eigenvalue weighted by Crippen LogP contribution is 2.34. The van der Waals surface area contributed by atoms with Crippen LogP contribution in [0.25, 0.3) is 11.1 Å². The van der Waals surface area contributed by atoms with E-state index in [1.54, 1.807) is 0 Å². The Morgan fingerprint density at radius 1 is 1.16 bits per heavy atom. The molecule has 2 unspecified atom stereocenters. The summed E-state index contributed by atoms with van der Waals surface area (Å²) >= 11 is 0. The predicted octanol–water partition coefficient (Wildman–Crippen LogP) is 4.78. The molecule has 1 aromatic heterocycles. The maximum atomic E-state index is 12.8. The molecular weight excluding hydrogens is 483 g/mol. The maximum absolute atomic E-state index is 12.8. The van der Waals surface area contributed by atoms with Crippen molar-refractivity contribution < 1.29 is 22.7 Å². The number of alkyl halides is 3. The first kappa shape index (κ1) is 25.8. The first-order valence-corrected chi connectivity index (χ1v) is 13.0. The Morgan fingerprint density at radius 2 is 1.97 bits per heavy atom. The summed E-state index contributed by atoms with van der Waals surface area (Å²) in [6.07, 6.45) is -3.65. The number of aromatic nitrogens is 1. The van der Waals surface area contributed by atoms with Gasteiger partial charge in [0.2, 0.25) is 0 Å². The van der Waals surface area contributed by atoms with E-state index in [0.717, 1.165) is 60.8 Å². The fourth-order valence-corrected chi connectivity index (χ4v) is 5.49. The van der Waals surface area contributed by atoms with Gasteiger partial charge in [-0.1, -0.05) is 6.07 Å². The van der Waals surface area contributed by atoms with E-state index in [9.17, 15) is 18.0 Å². The Bertz CT molecular complexity index is 1110. The number of hydrogen-bond acceptors (Lipinski definition) is 5. The van der Waals surface area contributed by atoms with Crippen molar-refractivity contribution in [1.29, 1.82) is 0 Å². The monoisotopic (exact) mass is 517 g/mol. The number of hydrogen-bond donors (Lipinski definition) is 2. The molecule has 3 aliphatic rings. The van der Waals surface area contributed by atoms with Crippen molar-refractivity contribution in [2.45, 2.75) is 38.3 Å². The van der Waals surface area contributed by atoms with Gasteiger partial charge in [0.15, 0.2) is 0 Å². The van der Waals surface area contributed by atoms with Gasteiger partial charge < -0.3 is 25.2 Å². The van der Waals surface area contributed by atoms with Crippen molar-refractivity contribution in [3.05, 3.63) is 41.6 Å². The van der Waals surface area contributed by atoms with Crippen LogP contribution in [0.1, 0.15) is 36.4 Å². The molecule has 2 atom stereocenters. The number of aryl methyl sites for hydroxylation is 1. The van der Waals surface area contributed by atoms with Gasteiger partial charge >= 0.3 is 12.2 Å². The lowest BCUT2D eigenvalue weighted by Gasteiger charge is -2.29. The summed E-state index contributed by atoms with van der Waals surface area (Å²) in [6.45, 7) is 7.30. The molecule has 200 valence electrons. The quantitative estimate of drug-likeness (QED) is 0.598. The Morgan fingerprint density at radius 3 is 2.70 bits per heavy atom. The van der Waals surface area contributed by atoms with Crippen molar-refractivity contribution in [1.82, 2.24) is 15.2 Å². The van der Waals surface area contributed by atoms with E-state index < -0.39 is 18.5 Å². The molecule has 0 saturated carbocycles. The van der Waals surface area contributed by atoms with Crippen LogP contribution in [0.2, 0.25) is 0 Å². The third-order valence-corrected chi connectivity index (χ3v) is 7.54. The minimum Gasteiger partial charge on any atom is -0.378 e. The number of benzene rings is 1. The number of pyridine rings is 1. The number of halogens is 3. The van der Waals surface area contributed by atoms with Crippen molar-refractivity contribution in [3.63, 3.8) is 0 Å². The van der Waals surface area contributed by atoms with Gasteiger partial charge in [-0.05, 0) is 73.2 Å². The standard InChI is InChI=1S/C27H34F3N5O2/c1-18-2-3-22(32-26(36)35-7-5-19(17-35)15-27(28,29)30)14-23(18)21-12-24(20-4-6-31-16-20)33-25(13-21)34-8-10-37-11-9-34/h2-3,12-14,19-20,31H,4-11,15-17H2,1H3,(H,32,36). The van der Waals surface area contributed by atoms with Gasteiger partial charge in [0.1, 0.15) is 5.82 Å². The van der Waals surface area contributed by atoms with E-state index in [-0.39, 0.29) is 12.6 Å². The number of carbonyl (C=O) groups excluding carboxylic acids is 1. The number of likely N-dealkylation sites (tertiary alicyclic amines) is 1. The Balaban J connectivity index is 1.37. The molecule has 5 rings (SSSR count). The summed E-state index contributed by atoms with van der Waals surface area (Å²) in [6, 6.07) is 9.65. The molecule has 2 amide bonds. The highest BCUT2D eigenvalue weighted by Gasteiger charge is 2.36. The van der Waals surface area contributed by atoms with E-state index >= 15 is 0 Å². The largest absolute Gasteiger partial charge is 0.389 e. The van der Waals surface area contributed by atoms with Crippen LogP contribution in [0.3, 0.4) is 0 Å². The second-order valence-corrected chi connectivity index (χ2v) is 10.3. The topological polar surface area (TPSA) is 69.7 Å². The molecule has 2 N–H and O–H groups in total. The first-order chi connectivity index (χ1) is 17.7. The average molecular weight is 518 g/mol. The van der Waals surface area contributed by atoms with Crippen molar-refractivity contribution in [2.24, 2.45) is 5.92 Å². The molecule has 3 saturated heterocycles. The fraction of sp³-hybridized carbons (Fsp3) is 0.556. The number of urea groups is 1. The lowest BCUT2D eigenvalue weighted by atomic mass is 9.96. The van der Waals surface area contributed by atoms with E-state index in [1.807, 2.05) is 25.1 Å². The number of nitrogens with zero attached hydrogens (tertiary/aromatic N) is 3. The predicted molar refractivity (Wildman–Crippen MR) is 137 cm³/mol. The lowest BCUT2D eigenvalue weighted by molar-refractivity contribution is -0.143. The molecule has 10 heteroatoms. The van der Waals surface area contributed by atoms with E-state index in [4.69, 9.17) is 9.72 Å². The number of ether oxygens (including phenoxy) is 1. The van der Waals surface area contributed by atoms with Gasteiger partial charge in [0, 0.05) is 56.4 Å². The molecule has 0 aliphatic carbocycles. The second-order valence-electron chi connectivity index (χ2n) is 10.3. The highest BCUT2D eigenvalue weighted by atomic mass is 19.4. The van der Waals surface area contributed by atoms with Crippen LogP contribution in [-0.4, -0.2) is 74.6 Å². The highest BCUT2D eigenvalue weighted by molar-refractivity contribution is 5.90. The van der Waals surface area contributed by atoms with Crippen LogP contribution < -0.4 is 15.5 Å². The third-order valence-electron chi connectivity index (χ3n) is 7.54. The number of anilines is 2. The molecule has 0 bridgehead atoms. The van der Waals surface area contributed by atoms with E-state index in [1.165, 1.54) is 4.90 Å². The van der Waals surface area contributed by atoms with E-state index in [2.05, 4.69) is 27.7 Å². The van der Waals surface area contributed by atoms with Gasteiger partial charge in [0.05, 0.1) is 13.2 Å². The summed E-state index contributed by atoms with van der Waals surface area (Å²) in [7, 11) is 0. The zero-order valence-electron chi connectivity index (χ0n) is 21.1. The number of morpholine rings is 1. The number of amides is 2. The minimum absolute atomic E-state index is 0.121. The van der Waals surface area contributed by atoms with Gasteiger partial charge in [0.25, 0.3) is 0 Å². The molecule has 1 aromatic carbocycles. The van der Waals surface area contributed by atoms with Crippen molar-refractivity contribution >= 4 is 17.5 Å². The number of carbonyl (C=O) groups is 1. The summed E-state index contributed by atoms with van der Waals surface area (Å²) in [5.74, 6) is 0.741. The van der Waals surface area contributed by atoms with Crippen LogP contribution in [0.4, 0.5) is 29.5 Å². The van der Waals surface area contributed by atoms with Gasteiger partial charge in [-0.15, -0.1) is 0 Å². The normalized spacial score (nSPS) is 22.5. The van der Waals surface area contributed by atoms with Crippen LogP contribution >= 0.6 is 0 Å². The first-order valence-electron chi connectivity index (χ1n) is 13.0. The molecular formula is C27H34F3N5O2. The molecule has 4 heterocycles. The van der Waals surface area contributed by atoms with Crippen LogP contribution in [0, 0.1) is 12.8 Å². The van der Waals surface area contributed by atoms with Crippen molar-refractivity contribution in [2.75, 3.05) is 62.7 Å². The molecule has 3 aliphatic heterocycles. The summed E-state index contributed by atoms with van der Waals surface area (Å²) in [5.41, 5.74) is 4.79. The molecule has 0 spiro atoms. The van der Waals surface area contributed by atoms with E-state index in [0.29, 0.717) is 37.8 Å². The van der Waals surface area contributed by atoms with Crippen LogP contribution in [0.5, 0.6) is 0 Å². The summed E-state index contributed by atoms with van der Waals surface area (Å²) < 4.78 is 43.8. The summed E-state index contributed by atoms with van der Waals surface area (Å²) in [5, 5.41) is 6.33. The molecule has 37 heavy (non-hydrogen) atoms. The van der Waals surface area contributed by atoms with Crippen molar-refractivity contribution in [3.8, 4) is 11.1 Å². The van der Waals surface area contributed by atoms with Crippen LogP contribution in [-0.2, 0) is 4.74 Å². The Labute approximate surface area is 215 Å². The number of rotatable bonds is 5. The zero-order chi connectivity index (χ0) is 26.0. The molecule has 7 nitrogen and oxygen atoms in total. The van der Waals surface area contributed by atoms with Gasteiger partial charge in [-0.25, -0.2) is 9.78 Å². The average Bonchev–Trinajstić information content (AvgIpc) is 3.57. The molecule has 3 fully saturated rings. The fourth-order valence-electron chi connectivity index (χ4n) is 5.49. The maximum Gasteiger partial charge on any atom is 0.389 e.